The van der Waals surface area contributed by atoms with Crippen molar-refractivity contribution in [2.45, 2.75) is 31.5 Å². The molecular weight excluding hydrogens is 398 g/mol. The zero-order valence-corrected chi connectivity index (χ0v) is 16.7. The van der Waals surface area contributed by atoms with Crippen LogP contribution >= 0.6 is 0 Å². The Balaban J connectivity index is 1.44. The molecule has 2 aromatic rings. The van der Waals surface area contributed by atoms with Crippen LogP contribution in [0.5, 0.6) is 5.88 Å². The van der Waals surface area contributed by atoms with E-state index in [2.05, 4.69) is 15.3 Å². The minimum Gasteiger partial charge on any atom is -0.481 e. The number of methoxy groups -OCH3 is 1. The molecule has 2 saturated heterocycles. The van der Waals surface area contributed by atoms with E-state index in [1.165, 1.54) is 18.0 Å². The molecule has 0 saturated carbocycles. The summed E-state index contributed by atoms with van der Waals surface area (Å²) in [6, 6.07) is 4.82. The molecule has 0 spiro atoms. The minimum absolute atomic E-state index is 0.211. The maximum atomic E-state index is 14.2. The summed E-state index contributed by atoms with van der Waals surface area (Å²) in [7, 11) is 1.51. The van der Waals surface area contributed by atoms with Crippen LogP contribution in [0.25, 0.3) is 0 Å². The van der Waals surface area contributed by atoms with E-state index in [1.807, 2.05) is 0 Å². The molecule has 0 aliphatic carbocycles. The Bertz CT molecular complexity index is 887. The zero-order chi connectivity index (χ0) is 21.1. The second-order valence-electron chi connectivity index (χ2n) is 7.52. The first-order chi connectivity index (χ1) is 14.4. The predicted molar refractivity (Wildman–Crippen MR) is 101 cm³/mol. The van der Waals surface area contributed by atoms with Crippen molar-refractivity contribution in [1.82, 2.24) is 29.8 Å². The number of carbonyl (C=O) groups excluding carboxylic acids is 1. The Morgan fingerprint density at radius 2 is 2.13 bits per heavy atom. The highest BCUT2D eigenvalue weighted by Gasteiger charge is 2.45. The Hall–Kier alpha value is -2.66. The van der Waals surface area contributed by atoms with Crippen LogP contribution in [-0.2, 0) is 17.8 Å². The second kappa shape index (κ2) is 8.60. The fourth-order valence-electron chi connectivity index (χ4n) is 3.83. The summed E-state index contributed by atoms with van der Waals surface area (Å²) in [4.78, 5) is 20.2. The molecule has 1 amide bonds. The number of hydrogen-bond acceptors (Lipinski definition) is 7. The lowest BCUT2D eigenvalue weighted by atomic mass is 10.2. The van der Waals surface area contributed by atoms with Crippen LogP contribution in [-0.4, -0.2) is 87.6 Å². The fourth-order valence-corrected chi connectivity index (χ4v) is 3.83. The Morgan fingerprint density at radius 3 is 2.90 bits per heavy atom. The van der Waals surface area contributed by atoms with E-state index < -0.39 is 12.0 Å². The number of likely N-dealkylation sites (tertiary alicyclic amines) is 1. The normalized spacial score (nSPS) is 21.7. The number of morpholine rings is 1. The van der Waals surface area contributed by atoms with Gasteiger partial charge in [0.1, 0.15) is 0 Å². The van der Waals surface area contributed by atoms with E-state index in [-0.39, 0.29) is 37.7 Å². The van der Waals surface area contributed by atoms with Crippen LogP contribution < -0.4 is 4.74 Å². The van der Waals surface area contributed by atoms with E-state index in [0.29, 0.717) is 37.9 Å². The molecule has 0 aromatic carbocycles. The average molecular weight is 422 g/mol. The molecule has 0 bridgehead atoms. The summed E-state index contributed by atoms with van der Waals surface area (Å²) < 4.78 is 40.2. The molecule has 2 aromatic heterocycles. The van der Waals surface area contributed by atoms with Gasteiger partial charge in [-0.15, -0.1) is 5.10 Å². The van der Waals surface area contributed by atoms with Crippen LogP contribution in [0, 0.1) is 0 Å². The maximum absolute atomic E-state index is 14.2. The third-order valence-corrected chi connectivity index (χ3v) is 5.29. The fraction of sp³-hybridized carbons (Fsp3) is 0.579. The molecule has 1 atom stereocenters. The molecule has 0 radical (unpaired) electrons. The topological polar surface area (TPSA) is 85.6 Å². The highest BCUT2D eigenvalue weighted by molar-refractivity contribution is 5.91. The third-order valence-electron chi connectivity index (χ3n) is 5.29. The van der Waals surface area contributed by atoms with Crippen LogP contribution in [0.15, 0.2) is 24.4 Å². The monoisotopic (exact) mass is 422 g/mol. The van der Waals surface area contributed by atoms with E-state index >= 15 is 0 Å². The largest absolute Gasteiger partial charge is 0.481 e. The quantitative estimate of drug-likeness (QED) is 0.688. The van der Waals surface area contributed by atoms with Crippen molar-refractivity contribution >= 4 is 5.91 Å². The van der Waals surface area contributed by atoms with Crippen molar-refractivity contribution < 1.29 is 23.0 Å². The Labute approximate surface area is 172 Å². The van der Waals surface area contributed by atoms with Crippen molar-refractivity contribution in [3.8, 4) is 5.88 Å². The number of hydrogen-bond donors (Lipinski definition) is 0. The average Bonchev–Trinajstić information content (AvgIpc) is 3.32. The number of aromatic nitrogens is 4. The van der Waals surface area contributed by atoms with Crippen molar-refractivity contribution in [2.24, 2.45) is 0 Å². The van der Waals surface area contributed by atoms with Crippen LogP contribution in [0.4, 0.5) is 8.78 Å². The number of nitrogens with zero attached hydrogens (tertiary/aromatic N) is 6. The van der Waals surface area contributed by atoms with Crippen LogP contribution in [0.3, 0.4) is 0 Å². The smallest absolute Gasteiger partial charge is 0.276 e. The molecular formula is C19H24F2N6O3. The van der Waals surface area contributed by atoms with Gasteiger partial charge in [-0.3, -0.25) is 14.4 Å². The summed E-state index contributed by atoms with van der Waals surface area (Å²) in [5.41, 5.74) is 0.862. The first-order valence-electron chi connectivity index (χ1n) is 9.82. The van der Waals surface area contributed by atoms with Gasteiger partial charge in [0.05, 0.1) is 45.3 Å². The summed E-state index contributed by atoms with van der Waals surface area (Å²) in [5, 5.41) is 7.94. The van der Waals surface area contributed by atoms with Crippen molar-refractivity contribution in [1.29, 1.82) is 0 Å². The summed E-state index contributed by atoms with van der Waals surface area (Å²) in [5.74, 6) is -2.58. The van der Waals surface area contributed by atoms with Crippen molar-refractivity contribution in [3.05, 3.63) is 35.8 Å². The number of amides is 1. The summed E-state index contributed by atoms with van der Waals surface area (Å²) >= 11 is 0. The number of pyridine rings is 1. The van der Waals surface area contributed by atoms with Gasteiger partial charge in [0.15, 0.2) is 5.69 Å². The van der Waals surface area contributed by atoms with Gasteiger partial charge >= 0.3 is 0 Å². The number of alkyl halides is 2. The molecule has 162 valence electrons. The zero-order valence-electron chi connectivity index (χ0n) is 16.7. The molecule has 30 heavy (non-hydrogen) atoms. The third kappa shape index (κ3) is 4.73. The molecule has 2 aliphatic heterocycles. The Morgan fingerprint density at radius 1 is 1.33 bits per heavy atom. The van der Waals surface area contributed by atoms with Gasteiger partial charge in [-0.1, -0.05) is 11.3 Å². The SMILES string of the molecule is COc1cccc(CN2CC(F)(F)C[C@H]2Cn2cc(C(=O)N3CCOCC3)nn2)n1. The van der Waals surface area contributed by atoms with Gasteiger partial charge in [0.25, 0.3) is 11.8 Å². The highest BCUT2D eigenvalue weighted by Crippen LogP contribution is 2.33. The summed E-state index contributed by atoms with van der Waals surface area (Å²) in [6.07, 6.45) is 1.24. The van der Waals surface area contributed by atoms with Gasteiger partial charge in [-0.25, -0.2) is 13.8 Å². The summed E-state index contributed by atoms with van der Waals surface area (Å²) in [6.45, 7) is 2.11. The number of rotatable bonds is 6. The van der Waals surface area contributed by atoms with Crippen molar-refractivity contribution in [3.63, 3.8) is 0 Å². The number of carbonyl (C=O) groups is 1. The maximum Gasteiger partial charge on any atom is 0.276 e. The lowest BCUT2D eigenvalue weighted by Crippen LogP contribution is -2.40. The molecule has 2 fully saturated rings. The van der Waals surface area contributed by atoms with Gasteiger partial charge in [-0.2, -0.15) is 0 Å². The first kappa shape index (κ1) is 20.6. The van der Waals surface area contributed by atoms with Gasteiger partial charge < -0.3 is 14.4 Å². The highest BCUT2D eigenvalue weighted by atomic mass is 19.3. The standard InChI is InChI=1S/C19H24F2N6O3/c1-29-17-4-2-3-14(22-17)10-26-13-19(20,21)9-15(26)11-27-12-16(23-24-27)18(28)25-5-7-30-8-6-25/h2-4,12,15H,5-11,13H2,1H3/t15-/m0/s1. The predicted octanol–water partition coefficient (Wildman–Crippen LogP) is 1.06. The Kier molecular flexibility index (Phi) is 5.91. The molecule has 2 aliphatic rings. The lowest BCUT2D eigenvalue weighted by Gasteiger charge is -2.25. The van der Waals surface area contributed by atoms with Crippen LogP contribution in [0.2, 0.25) is 0 Å². The van der Waals surface area contributed by atoms with Crippen molar-refractivity contribution in [2.75, 3.05) is 40.0 Å². The minimum atomic E-state index is -2.80. The molecule has 4 rings (SSSR count). The molecule has 9 nitrogen and oxygen atoms in total. The molecule has 4 heterocycles. The first-order valence-corrected chi connectivity index (χ1v) is 9.82. The van der Waals surface area contributed by atoms with Crippen LogP contribution in [0.1, 0.15) is 22.6 Å². The number of ether oxygens (including phenoxy) is 2. The lowest BCUT2D eigenvalue weighted by molar-refractivity contribution is 0.0112. The number of halogens is 2. The van der Waals surface area contributed by atoms with Gasteiger partial charge in [-0.05, 0) is 6.07 Å². The molecule has 0 unspecified atom stereocenters. The van der Waals surface area contributed by atoms with Gasteiger partial charge in [0, 0.05) is 38.2 Å². The molecule has 0 N–H and O–H groups in total. The molecule has 11 heteroatoms. The van der Waals surface area contributed by atoms with E-state index in [4.69, 9.17) is 9.47 Å². The van der Waals surface area contributed by atoms with E-state index in [0.717, 1.165) is 0 Å². The van der Waals surface area contributed by atoms with Gasteiger partial charge in [0.2, 0.25) is 5.88 Å². The second-order valence-corrected chi connectivity index (χ2v) is 7.52. The van der Waals surface area contributed by atoms with E-state index in [9.17, 15) is 13.6 Å². The van der Waals surface area contributed by atoms with E-state index in [1.54, 1.807) is 28.0 Å².